The van der Waals surface area contributed by atoms with E-state index in [1.807, 2.05) is 0 Å². The molecule has 2 rings (SSSR count). The molecule has 116 valence electrons. The lowest BCUT2D eigenvalue weighted by molar-refractivity contribution is -0.137. The summed E-state index contributed by atoms with van der Waals surface area (Å²) in [4.78, 5) is 14.4. The molecule has 1 amide bonds. The Bertz CT molecular complexity index is 539. The molecule has 0 bridgehead atoms. The molecule has 1 aromatic heterocycles. The minimum absolute atomic E-state index is 0.119. The number of amides is 1. The van der Waals surface area contributed by atoms with E-state index in [1.165, 1.54) is 0 Å². The molecular formula is C12H13ClF3N3O2. The van der Waals surface area contributed by atoms with Crippen molar-refractivity contribution in [3.63, 3.8) is 0 Å². The van der Waals surface area contributed by atoms with E-state index in [-0.39, 0.29) is 22.9 Å². The maximum Gasteiger partial charge on any atom is 0.417 e. The number of aromatic nitrogens is 1. The molecule has 3 N–H and O–H groups in total. The maximum absolute atomic E-state index is 12.5. The van der Waals surface area contributed by atoms with Gasteiger partial charge in [-0.05, 0) is 25.3 Å². The molecule has 21 heavy (non-hydrogen) atoms. The van der Waals surface area contributed by atoms with Crippen LogP contribution in [0.4, 0.5) is 23.8 Å². The van der Waals surface area contributed by atoms with Gasteiger partial charge in [0.2, 0.25) is 0 Å². The molecule has 0 radical (unpaired) electrons. The molecule has 5 nitrogen and oxygen atoms in total. The number of anilines is 1. The van der Waals surface area contributed by atoms with Crippen molar-refractivity contribution >= 4 is 23.5 Å². The number of hydrogen-bond acceptors (Lipinski definition) is 3. The molecule has 0 aliphatic heterocycles. The van der Waals surface area contributed by atoms with Crippen LogP contribution in [-0.2, 0) is 6.18 Å². The number of alkyl halides is 3. The molecule has 0 unspecified atom stereocenters. The fourth-order valence-corrected chi connectivity index (χ4v) is 2.56. The molecule has 1 fully saturated rings. The molecule has 0 aromatic carbocycles. The Morgan fingerprint density at radius 3 is 2.62 bits per heavy atom. The number of nitrogens with zero attached hydrogens (tertiary/aromatic N) is 1. The van der Waals surface area contributed by atoms with Crippen LogP contribution in [0.5, 0.6) is 0 Å². The predicted molar refractivity (Wildman–Crippen MR) is 70.5 cm³/mol. The summed E-state index contributed by atoms with van der Waals surface area (Å²) in [5.74, 6) is 0.119. The third kappa shape index (κ3) is 3.90. The predicted octanol–water partition coefficient (Wildman–Crippen LogP) is 3.35. The van der Waals surface area contributed by atoms with Gasteiger partial charge in [0.05, 0.1) is 16.6 Å². The van der Waals surface area contributed by atoms with Crippen molar-refractivity contribution in [1.29, 1.82) is 0 Å². The van der Waals surface area contributed by atoms with E-state index in [4.69, 9.17) is 16.7 Å². The minimum atomic E-state index is -4.50. The third-order valence-electron chi connectivity index (χ3n) is 3.32. The van der Waals surface area contributed by atoms with Gasteiger partial charge < -0.3 is 15.7 Å². The molecule has 0 saturated heterocycles. The molecule has 2 atom stereocenters. The summed E-state index contributed by atoms with van der Waals surface area (Å²) in [7, 11) is 0. The number of carbonyl (C=O) groups is 1. The lowest BCUT2D eigenvalue weighted by atomic mass is 10.1. The first kappa shape index (κ1) is 15.7. The highest BCUT2D eigenvalue weighted by Gasteiger charge is 2.33. The van der Waals surface area contributed by atoms with E-state index in [9.17, 15) is 18.0 Å². The van der Waals surface area contributed by atoms with Crippen molar-refractivity contribution in [3.8, 4) is 0 Å². The van der Waals surface area contributed by atoms with Crippen molar-refractivity contribution < 1.29 is 23.1 Å². The number of pyridine rings is 1. The zero-order valence-electron chi connectivity index (χ0n) is 10.7. The van der Waals surface area contributed by atoms with Crippen LogP contribution in [0.2, 0.25) is 5.02 Å². The number of carboxylic acid groups (broad SMARTS) is 1. The van der Waals surface area contributed by atoms with Crippen molar-refractivity contribution in [2.45, 2.75) is 37.5 Å². The summed E-state index contributed by atoms with van der Waals surface area (Å²) < 4.78 is 37.5. The molecule has 1 saturated carbocycles. The van der Waals surface area contributed by atoms with Gasteiger partial charge in [0.15, 0.2) is 0 Å². The Morgan fingerprint density at radius 1 is 1.38 bits per heavy atom. The fourth-order valence-electron chi connectivity index (χ4n) is 2.34. The van der Waals surface area contributed by atoms with Crippen LogP contribution >= 0.6 is 11.6 Å². The lowest BCUT2D eigenvalue weighted by Gasteiger charge is -2.22. The SMILES string of the molecule is O=C(O)N[C@H]1CCC[C@@H]1Nc1ncc(C(F)(F)F)cc1Cl. The summed E-state index contributed by atoms with van der Waals surface area (Å²) in [5, 5.41) is 13.9. The molecule has 1 aromatic rings. The van der Waals surface area contributed by atoms with Gasteiger partial charge in [-0.2, -0.15) is 13.2 Å². The second kappa shape index (κ2) is 5.97. The standard InChI is InChI=1S/C12H13ClF3N3O2/c13-7-4-6(12(14,15)16)5-17-10(7)18-8-2-1-3-9(8)19-11(20)21/h4-5,8-9,19H,1-3H2,(H,17,18)(H,20,21)/t8-,9-/m0/s1. The first-order chi connectivity index (χ1) is 9.77. The van der Waals surface area contributed by atoms with Gasteiger partial charge in [-0.25, -0.2) is 9.78 Å². The van der Waals surface area contributed by atoms with Crippen LogP contribution < -0.4 is 10.6 Å². The smallest absolute Gasteiger partial charge is 0.417 e. The van der Waals surface area contributed by atoms with Gasteiger partial charge in [-0.1, -0.05) is 11.6 Å². The van der Waals surface area contributed by atoms with Crippen molar-refractivity contribution in [2.75, 3.05) is 5.32 Å². The quantitative estimate of drug-likeness (QED) is 0.797. The Kier molecular flexibility index (Phi) is 4.46. The van der Waals surface area contributed by atoms with E-state index >= 15 is 0 Å². The van der Waals surface area contributed by atoms with Crippen LogP contribution in [0.1, 0.15) is 24.8 Å². The molecule has 1 aliphatic carbocycles. The van der Waals surface area contributed by atoms with Gasteiger partial charge in [-0.15, -0.1) is 0 Å². The fraction of sp³-hybridized carbons (Fsp3) is 0.500. The Hall–Kier alpha value is -1.70. The number of rotatable bonds is 3. The summed E-state index contributed by atoms with van der Waals surface area (Å²) in [6, 6.07) is 0.233. The topological polar surface area (TPSA) is 74.2 Å². The van der Waals surface area contributed by atoms with E-state index in [1.54, 1.807) is 0 Å². The zero-order valence-corrected chi connectivity index (χ0v) is 11.5. The highest BCUT2D eigenvalue weighted by Crippen LogP contribution is 2.33. The third-order valence-corrected chi connectivity index (χ3v) is 3.60. The summed E-state index contributed by atoms with van der Waals surface area (Å²) in [5.41, 5.74) is -0.926. The number of halogens is 4. The summed E-state index contributed by atoms with van der Waals surface area (Å²) in [6.07, 6.45) is -2.80. The summed E-state index contributed by atoms with van der Waals surface area (Å²) in [6.45, 7) is 0. The van der Waals surface area contributed by atoms with Gasteiger partial charge >= 0.3 is 12.3 Å². The largest absolute Gasteiger partial charge is 0.465 e. The van der Waals surface area contributed by atoms with Crippen LogP contribution in [0, 0.1) is 0 Å². The van der Waals surface area contributed by atoms with Crippen molar-refractivity contribution in [1.82, 2.24) is 10.3 Å². The van der Waals surface area contributed by atoms with E-state index in [0.29, 0.717) is 19.0 Å². The molecular weight excluding hydrogens is 311 g/mol. The molecule has 0 spiro atoms. The zero-order chi connectivity index (χ0) is 15.6. The first-order valence-electron chi connectivity index (χ1n) is 6.26. The normalized spacial score (nSPS) is 22.1. The Balaban J connectivity index is 2.11. The minimum Gasteiger partial charge on any atom is -0.465 e. The van der Waals surface area contributed by atoms with Gasteiger partial charge in [0, 0.05) is 12.2 Å². The van der Waals surface area contributed by atoms with E-state index in [0.717, 1.165) is 12.5 Å². The monoisotopic (exact) mass is 323 g/mol. The summed E-state index contributed by atoms with van der Waals surface area (Å²) >= 11 is 5.81. The average molecular weight is 324 g/mol. The highest BCUT2D eigenvalue weighted by molar-refractivity contribution is 6.33. The van der Waals surface area contributed by atoms with Crippen molar-refractivity contribution in [2.24, 2.45) is 0 Å². The molecule has 1 heterocycles. The van der Waals surface area contributed by atoms with Crippen LogP contribution in [0.15, 0.2) is 12.3 Å². The lowest BCUT2D eigenvalue weighted by Crippen LogP contribution is -2.42. The van der Waals surface area contributed by atoms with E-state index in [2.05, 4.69) is 15.6 Å². The second-order valence-electron chi connectivity index (χ2n) is 4.79. The van der Waals surface area contributed by atoms with Gasteiger partial charge in [0.25, 0.3) is 0 Å². The average Bonchev–Trinajstić information content (AvgIpc) is 2.77. The van der Waals surface area contributed by atoms with Gasteiger partial charge in [0.1, 0.15) is 5.82 Å². The number of nitrogens with one attached hydrogen (secondary N) is 2. The van der Waals surface area contributed by atoms with Crippen molar-refractivity contribution in [3.05, 3.63) is 22.8 Å². The van der Waals surface area contributed by atoms with E-state index < -0.39 is 17.8 Å². The molecule has 9 heteroatoms. The van der Waals surface area contributed by atoms with Crippen LogP contribution in [-0.4, -0.2) is 28.3 Å². The first-order valence-corrected chi connectivity index (χ1v) is 6.64. The highest BCUT2D eigenvalue weighted by atomic mass is 35.5. The maximum atomic E-state index is 12.5. The second-order valence-corrected chi connectivity index (χ2v) is 5.20. The Labute approximate surface area is 123 Å². The van der Waals surface area contributed by atoms with Crippen LogP contribution in [0.3, 0.4) is 0 Å². The van der Waals surface area contributed by atoms with Gasteiger partial charge in [-0.3, -0.25) is 0 Å². The molecule has 1 aliphatic rings. The Morgan fingerprint density at radius 2 is 2.05 bits per heavy atom. The number of hydrogen-bond donors (Lipinski definition) is 3. The van der Waals surface area contributed by atoms with Crippen LogP contribution in [0.25, 0.3) is 0 Å².